The second-order valence-corrected chi connectivity index (χ2v) is 3.30. The van der Waals surface area contributed by atoms with E-state index in [1.165, 1.54) is 27.0 Å². The van der Waals surface area contributed by atoms with Gasteiger partial charge in [0.1, 0.15) is 5.82 Å². The number of hydrogen-bond donors (Lipinski definition) is 1. The van der Waals surface area contributed by atoms with Gasteiger partial charge in [-0.25, -0.2) is 4.39 Å². The zero-order valence-corrected chi connectivity index (χ0v) is 9.26. The van der Waals surface area contributed by atoms with Crippen LogP contribution in [0.15, 0.2) is 6.07 Å². The molecule has 0 radical (unpaired) electrons. The molecule has 0 fully saturated rings. The normalized spacial score (nSPS) is 9.75. The molecule has 0 aromatic heterocycles. The van der Waals surface area contributed by atoms with Gasteiger partial charge in [-0.1, -0.05) is 0 Å². The van der Waals surface area contributed by atoms with Crippen molar-refractivity contribution in [3.05, 3.63) is 23.0 Å². The topological polar surface area (TPSA) is 55.4 Å². The molecule has 0 aliphatic carbocycles. The van der Waals surface area contributed by atoms with E-state index >= 15 is 0 Å². The van der Waals surface area contributed by atoms with E-state index in [1.54, 1.807) is 0 Å². The van der Waals surface area contributed by atoms with Crippen molar-refractivity contribution < 1.29 is 18.7 Å². The van der Waals surface area contributed by atoms with E-state index in [0.29, 0.717) is 6.29 Å². The molecule has 0 saturated carbocycles. The summed E-state index contributed by atoms with van der Waals surface area (Å²) in [6.45, 7) is 2.83. The predicted molar refractivity (Wildman–Crippen MR) is 57.4 cm³/mol. The summed E-state index contributed by atoms with van der Waals surface area (Å²) in [5.74, 6) is -0.921. The van der Waals surface area contributed by atoms with Crippen LogP contribution in [0.25, 0.3) is 0 Å². The van der Waals surface area contributed by atoms with Crippen molar-refractivity contribution in [2.45, 2.75) is 13.8 Å². The van der Waals surface area contributed by atoms with Crippen LogP contribution in [-0.2, 0) is 4.79 Å². The maximum Gasteiger partial charge on any atom is 0.221 e. The molecule has 0 spiro atoms. The minimum absolute atomic E-state index is 0.0355. The van der Waals surface area contributed by atoms with E-state index in [-0.39, 0.29) is 28.5 Å². The highest BCUT2D eigenvalue weighted by Crippen LogP contribution is 2.31. The quantitative estimate of drug-likeness (QED) is 0.799. The summed E-state index contributed by atoms with van der Waals surface area (Å²) in [6, 6.07) is 1.42. The molecule has 0 atom stereocenters. The number of benzene rings is 1. The molecule has 5 heteroatoms. The van der Waals surface area contributed by atoms with Crippen LogP contribution >= 0.6 is 0 Å². The molecule has 86 valence electrons. The lowest BCUT2D eigenvalue weighted by Gasteiger charge is -2.13. The first-order chi connectivity index (χ1) is 7.51. The van der Waals surface area contributed by atoms with Gasteiger partial charge in [0.25, 0.3) is 0 Å². The summed E-state index contributed by atoms with van der Waals surface area (Å²) in [7, 11) is 1.31. The number of nitrogens with one attached hydrogen (secondary N) is 1. The number of hydrogen-bond acceptors (Lipinski definition) is 3. The highest BCUT2D eigenvalue weighted by Gasteiger charge is 2.17. The molecule has 0 unspecified atom stereocenters. The molecule has 4 nitrogen and oxygen atoms in total. The van der Waals surface area contributed by atoms with Gasteiger partial charge in [-0.05, 0) is 18.6 Å². The Balaban J connectivity index is 3.43. The van der Waals surface area contributed by atoms with E-state index in [9.17, 15) is 14.0 Å². The highest BCUT2D eigenvalue weighted by atomic mass is 19.1. The number of rotatable bonds is 3. The Bertz CT molecular complexity index is 443. The zero-order valence-electron chi connectivity index (χ0n) is 9.26. The largest absolute Gasteiger partial charge is 0.494 e. The molecule has 1 N–H and O–H groups in total. The summed E-state index contributed by atoms with van der Waals surface area (Å²) in [6.07, 6.45) is 0.368. The van der Waals surface area contributed by atoms with Gasteiger partial charge in [0, 0.05) is 6.92 Å². The van der Waals surface area contributed by atoms with Crippen molar-refractivity contribution in [3.63, 3.8) is 0 Å². The van der Waals surface area contributed by atoms with Crippen molar-refractivity contribution in [3.8, 4) is 5.75 Å². The minimum atomic E-state index is -0.638. The molecule has 1 amide bonds. The summed E-state index contributed by atoms with van der Waals surface area (Å²) < 4.78 is 18.5. The molecule has 1 rings (SSSR count). The number of carbonyl (C=O) groups excluding carboxylic acids is 2. The van der Waals surface area contributed by atoms with E-state index < -0.39 is 5.82 Å². The summed E-state index contributed by atoms with van der Waals surface area (Å²) in [4.78, 5) is 21.7. The Morgan fingerprint density at radius 3 is 2.62 bits per heavy atom. The molecular weight excluding hydrogens is 213 g/mol. The predicted octanol–water partition coefficient (Wildman–Crippen LogP) is 1.91. The average molecular weight is 225 g/mol. The molecule has 0 heterocycles. The first-order valence-electron chi connectivity index (χ1n) is 4.61. The Morgan fingerprint density at radius 1 is 1.56 bits per heavy atom. The molecule has 0 aliphatic heterocycles. The summed E-state index contributed by atoms with van der Waals surface area (Å²) in [5, 5.41) is 2.48. The van der Waals surface area contributed by atoms with Crippen LogP contribution in [0.3, 0.4) is 0 Å². The number of ether oxygens (including phenoxy) is 1. The molecule has 1 aromatic carbocycles. The van der Waals surface area contributed by atoms with Crippen LogP contribution in [0.1, 0.15) is 22.8 Å². The first kappa shape index (κ1) is 12.2. The fourth-order valence-corrected chi connectivity index (χ4v) is 1.41. The number of anilines is 1. The Hall–Kier alpha value is -1.91. The second kappa shape index (κ2) is 4.74. The van der Waals surface area contributed by atoms with Crippen LogP contribution in [-0.4, -0.2) is 19.3 Å². The Labute approximate surface area is 92.4 Å². The van der Waals surface area contributed by atoms with Gasteiger partial charge in [0.2, 0.25) is 5.91 Å². The third-order valence-electron chi connectivity index (χ3n) is 2.07. The molecule has 0 saturated heterocycles. The molecule has 1 aromatic rings. The third-order valence-corrected chi connectivity index (χ3v) is 2.07. The maximum absolute atomic E-state index is 13.5. The van der Waals surface area contributed by atoms with E-state index in [4.69, 9.17) is 4.74 Å². The Morgan fingerprint density at radius 2 is 2.19 bits per heavy atom. The van der Waals surface area contributed by atoms with Crippen LogP contribution < -0.4 is 10.1 Å². The van der Waals surface area contributed by atoms with Gasteiger partial charge in [-0.3, -0.25) is 9.59 Å². The fraction of sp³-hybridized carbons (Fsp3) is 0.273. The van der Waals surface area contributed by atoms with Gasteiger partial charge in [0.15, 0.2) is 12.0 Å². The lowest BCUT2D eigenvalue weighted by Crippen LogP contribution is -2.10. The number of amides is 1. The third kappa shape index (κ3) is 2.18. The summed E-state index contributed by atoms with van der Waals surface area (Å²) >= 11 is 0. The highest BCUT2D eigenvalue weighted by molar-refractivity contribution is 5.94. The van der Waals surface area contributed by atoms with Crippen LogP contribution in [0.4, 0.5) is 10.1 Å². The van der Waals surface area contributed by atoms with Crippen LogP contribution in [0.5, 0.6) is 5.75 Å². The zero-order chi connectivity index (χ0) is 12.3. The minimum Gasteiger partial charge on any atom is -0.494 e. The SMILES string of the molecule is COc1c(NC(C)=O)cc(C)c(F)c1C=O. The van der Waals surface area contributed by atoms with Crippen molar-refractivity contribution in [1.29, 1.82) is 0 Å². The molecular formula is C11H12FNO3. The molecule has 0 bridgehead atoms. The number of methoxy groups -OCH3 is 1. The number of carbonyl (C=O) groups is 2. The van der Waals surface area contributed by atoms with Crippen molar-refractivity contribution >= 4 is 17.9 Å². The number of aryl methyl sites for hydroxylation is 1. The van der Waals surface area contributed by atoms with E-state index in [0.717, 1.165) is 0 Å². The van der Waals surface area contributed by atoms with Gasteiger partial charge < -0.3 is 10.1 Å². The standard InChI is InChI=1S/C11H12FNO3/c1-6-4-9(13-7(2)15)11(16-3)8(5-14)10(6)12/h4-5H,1-3H3,(H,13,15). The first-order valence-corrected chi connectivity index (χ1v) is 4.61. The average Bonchev–Trinajstić information content (AvgIpc) is 2.21. The molecule has 16 heavy (non-hydrogen) atoms. The Kier molecular flexibility index (Phi) is 3.60. The second-order valence-electron chi connectivity index (χ2n) is 3.30. The van der Waals surface area contributed by atoms with Gasteiger partial charge >= 0.3 is 0 Å². The molecule has 0 aliphatic rings. The maximum atomic E-state index is 13.5. The van der Waals surface area contributed by atoms with Gasteiger partial charge in [-0.2, -0.15) is 0 Å². The van der Waals surface area contributed by atoms with Gasteiger partial charge in [0.05, 0.1) is 18.4 Å². The number of halogens is 1. The fourth-order valence-electron chi connectivity index (χ4n) is 1.41. The lowest BCUT2D eigenvalue weighted by molar-refractivity contribution is -0.114. The van der Waals surface area contributed by atoms with Crippen molar-refractivity contribution in [2.24, 2.45) is 0 Å². The van der Waals surface area contributed by atoms with E-state index in [2.05, 4.69) is 5.32 Å². The van der Waals surface area contributed by atoms with Crippen LogP contribution in [0, 0.1) is 12.7 Å². The van der Waals surface area contributed by atoms with Crippen LogP contribution in [0.2, 0.25) is 0 Å². The van der Waals surface area contributed by atoms with Crippen molar-refractivity contribution in [1.82, 2.24) is 0 Å². The van der Waals surface area contributed by atoms with Crippen molar-refractivity contribution in [2.75, 3.05) is 12.4 Å². The number of aldehydes is 1. The summed E-state index contributed by atoms with van der Waals surface area (Å²) in [5.41, 5.74) is 0.369. The lowest BCUT2D eigenvalue weighted by atomic mass is 10.1. The van der Waals surface area contributed by atoms with E-state index in [1.807, 2.05) is 0 Å². The smallest absolute Gasteiger partial charge is 0.221 e. The van der Waals surface area contributed by atoms with Gasteiger partial charge in [-0.15, -0.1) is 0 Å². The monoisotopic (exact) mass is 225 g/mol.